The molecule has 0 saturated carbocycles. The number of nitrogens with one attached hydrogen (secondary N) is 1. The van der Waals surface area contributed by atoms with E-state index in [1.807, 2.05) is 0 Å². The average Bonchev–Trinajstić information content (AvgIpc) is 3.41. The summed E-state index contributed by atoms with van der Waals surface area (Å²) in [4.78, 5) is 12.5. The van der Waals surface area contributed by atoms with Gasteiger partial charge in [0.15, 0.2) is 6.29 Å². The van der Waals surface area contributed by atoms with Gasteiger partial charge in [0.05, 0.1) is 31.5 Å². The predicted molar refractivity (Wildman–Crippen MR) is 138 cm³/mol. The van der Waals surface area contributed by atoms with Crippen LogP contribution < -0.4 is 5.32 Å². The molecule has 2 fully saturated rings. The molecule has 0 aromatic rings. The second-order valence-electron chi connectivity index (χ2n) is 10.7. The Hall–Kier alpha value is -0.850. The van der Waals surface area contributed by atoms with Gasteiger partial charge in [-0.15, -0.1) is 0 Å². The van der Waals surface area contributed by atoms with E-state index >= 15 is 0 Å². The van der Waals surface area contributed by atoms with Crippen molar-refractivity contribution < 1.29 is 44.5 Å². The summed E-state index contributed by atoms with van der Waals surface area (Å²) in [6.07, 6.45) is 5.62. The van der Waals surface area contributed by atoms with E-state index in [1.165, 1.54) is 44.9 Å². The van der Waals surface area contributed by atoms with Crippen LogP contribution in [0.1, 0.15) is 90.4 Å². The number of aliphatic hydroxyl groups excluding tert-OH is 5. The van der Waals surface area contributed by atoms with Gasteiger partial charge >= 0.3 is 0 Å². The van der Waals surface area contributed by atoms with E-state index in [0.717, 1.165) is 38.4 Å². The molecule has 218 valence electrons. The number of rotatable bonds is 19. The zero-order valence-corrected chi connectivity index (χ0v) is 22.5. The Morgan fingerprint density at radius 3 is 2.32 bits per heavy atom. The van der Waals surface area contributed by atoms with Crippen molar-refractivity contribution in [3.8, 4) is 0 Å². The highest BCUT2D eigenvalue weighted by Gasteiger charge is 2.38. The zero-order chi connectivity index (χ0) is 27.0. The maximum Gasteiger partial charge on any atom is 0.220 e. The summed E-state index contributed by atoms with van der Waals surface area (Å²) in [6, 6.07) is -0.895. The standard InChI is InChI=1S/C27H51NO9/c1-2-21(30)26(34)20(18-36-27-23(32)15-22(31)24(16-29)37-27)28-25(33)12-10-8-6-4-3-5-7-9-11-19-13-14-35-17-19/h19-24,26-27,29-32,34H,2-18H2,1H3,(H,28,33)/t19?,20-,21+,22?,23?,24?,26-,27?/m0/s1. The molecule has 8 atom stereocenters. The number of amides is 1. The first kappa shape index (κ1) is 32.4. The minimum Gasteiger partial charge on any atom is -0.394 e. The second-order valence-corrected chi connectivity index (χ2v) is 10.7. The zero-order valence-electron chi connectivity index (χ0n) is 22.5. The SMILES string of the molecule is CC[C@@H](O)[C@@H](O)[C@H](COC1OC(CO)C(O)CC1O)NC(=O)CCCCCCCCCCC1CCOC1. The smallest absolute Gasteiger partial charge is 0.220 e. The molecule has 2 aliphatic heterocycles. The van der Waals surface area contributed by atoms with Gasteiger partial charge in [-0.1, -0.05) is 51.9 Å². The molecule has 2 rings (SSSR count). The Labute approximate surface area is 221 Å². The third-order valence-electron chi connectivity index (χ3n) is 7.52. The summed E-state index contributed by atoms with van der Waals surface area (Å²) in [6.45, 7) is 2.96. The van der Waals surface area contributed by atoms with E-state index in [0.29, 0.717) is 12.8 Å². The van der Waals surface area contributed by atoms with Crippen molar-refractivity contribution in [1.82, 2.24) is 5.32 Å². The van der Waals surface area contributed by atoms with Gasteiger partial charge in [-0.25, -0.2) is 0 Å². The van der Waals surface area contributed by atoms with Crippen LogP contribution in [0.5, 0.6) is 0 Å². The van der Waals surface area contributed by atoms with E-state index in [9.17, 15) is 30.3 Å². The molecule has 6 N–H and O–H groups in total. The summed E-state index contributed by atoms with van der Waals surface area (Å²) in [7, 11) is 0. The monoisotopic (exact) mass is 533 g/mol. The molecule has 2 heterocycles. The molecule has 37 heavy (non-hydrogen) atoms. The van der Waals surface area contributed by atoms with E-state index in [-0.39, 0.29) is 18.9 Å². The van der Waals surface area contributed by atoms with Crippen LogP contribution in [0.4, 0.5) is 0 Å². The molecule has 2 aliphatic rings. The van der Waals surface area contributed by atoms with Crippen molar-refractivity contribution >= 4 is 5.91 Å². The molecule has 0 aromatic carbocycles. The quantitative estimate of drug-likeness (QED) is 0.135. The van der Waals surface area contributed by atoms with E-state index in [1.54, 1.807) is 6.92 Å². The maximum atomic E-state index is 12.5. The van der Waals surface area contributed by atoms with Gasteiger partial charge in [-0.2, -0.15) is 0 Å². The number of hydrogen-bond donors (Lipinski definition) is 6. The molecular formula is C27H51NO9. The molecule has 0 bridgehead atoms. The number of unbranched alkanes of at least 4 members (excludes halogenated alkanes) is 7. The lowest BCUT2D eigenvalue weighted by Gasteiger charge is -2.37. The Morgan fingerprint density at radius 2 is 1.70 bits per heavy atom. The summed E-state index contributed by atoms with van der Waals surface area (Å²) in [5.74, 6) is 0.532. The van der Waals surface area contributed by atoms with Gasteiger partial charge in [0.25, 0.3) is 0 Å². The number of aliphatic hydroxyl groups is 5. The van der Waals surface area contributed by atoms with Crippen molar-refractivity contribution in [3.63, 3.8) is 0 Å². The number of hydrogen-bond acceptors (Lipinski definition) is 9. The van der Waals surface area contributed by atoms with E-state index < -0.39 is 49.5 Å². The highest BCUT2D eigenvalue weighted by atomic mass is 16.7. The lowest BCUT2D eigenvalue weighted by atomic mass is 9.99. The van der Waals surface area contributed by atoms with Gasteiger partial charge in [-0.3, -0.25) is 4.79 Å². The summed E-state index contributed by atoms with van der Waals surface area (Å²) >= 11 is 0. The number of carbonyl (C=O) groups is 1. The topological polar surface area (TPSA) is 158 Å². The minimum absolute atomic E-state index is 0.0248. The molecule has 0 radical (unpaired) electrons. The van der Waals surface area contributed by atoms with Crippen LogP contribution in [0.25, 0.3) is 0 Å². The molecule has 1 amide bonds. The van der Waals surface area contributed by atoms with Crippen molar-refractivity contribution in [3.05, 3.63) is 0 Å². The van der Waals surface area contributed by atoms with Crippen molar-refractivity contribution in [1.29, 1.82) is 0 Å². The molecule has 5 unspecified atom stereocenters. The first-order valence-corrected chi connectivity index (χ1v) is 14.3. The normalized spacial score (nSPS) is 28.6. The predicted octanol–water partition coefficient (Wildman–Crippen LogP) is 1.39. The van der Waals surface area contributed by atoms with Crippen molar-refractivity contribution in [2.75, 3.05) is 26.4 Å². The van der Waals surface area contributed by atoms with Gasteiger partial charge in [0.2, 0.25) is 5.91 Å². The van der Waals surface area contributed by atoms with E-state index in [4.69, 9.17) is 14.2 Å². The molecule has 0 aliphatic carbocycles. The maximum absolute atomic E-state index is 12.5. The molecule has 0 aromatic heterocycles. The molecule has 10 nitrogen and oxygen atoms in total. The molecule has 0 spiro atoms. The molecule has 10 heteroatoms. The Morgan fingerprint density at radius 1 is 1.03 bits per heavy atom. The first-order chi connectivity index (χ1) is 17.8. The highest BCUT2D eigenvalue weighted by molar-refractivity contribution is 5.76. The number of carbonyl (C=O) groups excluding carboxylic acids is 1. The fraction of sp³-hybridized carbons (Fsp3) is 0.963. The van der Waals surface area contributed by atoms with Crippen molar-refractivity contribution in [2.45, 2.75) is 133 Å². The fourth-order valence-corrected chi connectivity index (χ4v) is 4.98. The minimum atomic E-state index is -1.25. The Kier molecular flexibility index (Phi) is 16.1. The van der Waals surface area contributed by atoms with Crippen LogP contribution in [0.15, 0.2) is 0 Å². The van der Waals surface area contributed by atoms with Gasteiger partial charge in [-0.05, 0) is 31.6 Å². The summed E-state index contributed by atoms with van der Waals surface area (Å²) in [5, 5.41) is 52.7. The van der Waals surface area contributed by atoms with Crippen LogP contribution in [-0.4, -0.2) is 101 Å². The van der Waals surface area contributed by atoms with Crippen LogP contribution in [0.3, 0.4) is 0 Å². The molecular weight excluding hydrogens is 482 g/mol. The third kappa shape index (κ3) is 12.3. The Balaban J connectivity index is 1.62. The van der Waals surface area contributed by atoms with Crippen LogP contribution >= 0.6 is 0 Å². The highest BCUT2D eigenvalue weighted by Crippen LogP contribution is 2.22. The Bertz CT molecular complexity index is 604. The van der Waals surface area contributed by atoms with Gasteiger partial charge in [0.1, 0.15) is 18.3 Å². The molecule has 2 saturated heterocycles. The summed E-state index contributed by atoms with van der Waals surface area (Å²) in [5.41, 5.74) is 0. The third-order valence-corrected chi connectivity index (χ3v) is 7.52. The van der Waals surface area contributed by atoms with E-state index in [2.05, 4.69) is 5.32 Å². The fourth-order valence-electron chi connectivity index (χ4n) is 4.98. The number of ether oxygens (including phenoxy) is 3. The first-order valence-electron chi connectivity index (χ1n) is 14.3. The van der Waals surface area contributed by atoms with Gasteiger partial charge < -0.3 is 45.1 Å². The van der Waals surface area contributed by atoms with Crippen molar-refractivity contribution in [2.24, 2.45) is 5.92 Å². The second kappa shape index (κ2) is 18.4. The summed E-state index contributed by atoms with van der Waals surface area (Å²) < 4.78 is 16.4. The van der Waals surface area contributed by atoms with Crippen LogP contribution in [0.2, 0.25) is 0 Å². The lowest BCUT2D eigenvalue weighted by molar-refractivity contribution is -0.273. The van der Waals surface area contributed by atoms with Crippen LogP contribution in [-0.2, 0) is 19.0 Å². The van der Waals surface area contributed by atoms with Crippen LogP contribution in [0, 0.1) is 5.92 Å². The largest absolute Gasteiger partial charge is 0.394 e. The average molecular weight is 534 g/mol. The lowest BCUT2D eigenvalue weighted by Crippen LogP contribution is -2.54. The van der Waals surface area contributed by atoms with Gasteiger partial charge in [0, 0.05) is 26.1 Å².